The number of unbranched alkanes of at least 4 members (excludes halogenated alkanes) is 2. The zero-order chi connectivity index (χ0) is 22.1. The van der Waals surface area contributed by atoms with E-state index >= 15 is 0 Å². The summed E-state index contributed by atoms with van der Waals surface area (Å²) in [5.41, 5.74) is 2.56. The van der Waals surface area contributed by atoms with Crippen molar-refractivity contribution in [2.75, 3.05) is 13.2 Å². The van der Waals surface area contributed by atoms with E-state index in [1.165, 1.54) is 10.2 Å². The highest BCUT2D eigenvalue weighted by Crippen LogP contribution is 2.23. The van der Waals surface area contributed by atoms with E-state index < -0.39 is 0 Å². The summed E-state index contributed by atoms with van der Waals surface area (Å²) in [7, 11) is 0. The molecule has 3 rings (SSSR count). The van der Waals surface area contributed by atoms with Gasteiger partial charge in [-0.1, -0.05) is 57.9 Å². The predicted octanol–water partition coefficient (Wildman–Crippen LogP) is 5.55. The molecule has 164 valence electrons. The molecule has 6 nitrogen and oxygen atoms in total. The van der Waals surface area contributed by atoms with Gasteiger partial charge in [-0.25, -0.2) is 0 Å². The van der Waals surface area contributed by atoms with E-state index in [2.05, 4.69) is 30.9 Å². The van der Waals surface area contributed by atoms with Gasteiger partial charge in [0.2, 0.25) is 0 Å². The molecule has 1 aromatic heterocycles. The van der Waals surface area contributed by atoms with Crippen LogP contribution in [0.1, 0.15) is 62.4 Å². The first-order valence-electron chi connectivity index (χ1n) is 11.1. The fourth-order valence-electron chi connectivity index (χ4n) is 3.03. The smallest absolute Gasteiger partial charge is 0.336 e. The number of aromatic nitrogens is 3. The van der Waals surface area contributed by atoms with Crippen molar-refractivity contribution in [3.63, 3.8) is 0 Å². The largest absolute Gasteiger partial charge is 0.494 e. The normalized spacial score (nSPS) is 10.8. The molecular weight excluding hydrogens is 390 g/mol. The molecule has 6 heteroatoms. The van der Waals surface area contributed by atoms with Crippen LogP contribution in [0.3, 0.4) is 0 Å². The first kappa shape index (κ1) is 22.5. The average Bonchev–Trinajstić information content (AvgIpc) is 3.23. The van der Waals surface area contributed by atoms with E-state index in [0.717, 1.165) is 43.4 Å². The van der Waals surface area contributed by atoms with Crippen LogP contribution in [-0.2, 0) is 6.42 Å². The topological polar surface area (TPSA) is 66.2 Å². The molecule has 31 heavy (non-hydrogen) atoms. The Kier molecular flexibility index (Phi) is 8.21. The van der Waals surface area contributed by atoms with Crippen molar-refractivity contribution in [2.24, 2.45) is 0 Å². The summed E-state index contributed by atoms with van der Waals surface area (Å²) in [4.78, 5) is 17.7. The van der Waals surface area contributed by atoms with Crippen molar-refractivity contribution in [2.45, 2.75) is 52.9 Å². The van der Waals surface area contributed by atoms with Crippen molar-refractivity contribution in [3.8, 4) is 23.1 Å². The van der Waals surface area contributed by atoms with Crippen LogP contribution in [0, 0.1) is 0 Å². The maximum atomic E-state index is 13.2. The van der Waals surface area contributed by atoms with Crippen LogP contribution >= 0.6 is 0 Å². The van der Waals surface area contributed by atoms with Crippen LogP contribution in [0.4, 0.5) is 0 Å². The van der Waals surface area contributed by atoms with E-state index in [0.29, 0.717) is 24.6 Å². The number of ether oxygens (including phenoxy) is 2. The Hall–Kier alpha value is -3.15. The van der Waals surface area contributed by atoms with Crippen LogP contribution in [0.5, 0.6) is 11.8 Å². The van der Waals surface area contributed by atoms with Gasteiger partial charge in [0.05, 0.1) is 13.2 Å². The van der Waals surface area contributed by atoms with Crippen LogP contribution in [0.15, 0.2) is 48.5 Å². The van der Waals surface area contributed by atoms with Gasteiger partial charge in [-0.3, -0.25) is 4.79 Å². The molecule has 2 aromatic carbocycles. The number of carbonyl (C=O) groups is 1. The van der Waals surface area contributed by atoms with Gasteiger partial charge in [0.1, 0.15) is 5.75 Å². The van der Waals surface area contributed by atoms with Gasteiger partial charge in [-0.2, -0.15) is 9.67 Å². The van der Waals surface area contributed by atoms with Gasteiger partial charge < -0.3 is 9.47 Å². The zero-order valence-electron chi connectivity index (χ0n) is 18.6. The van der Waals surface area contributed by atoms with E-state index in [-0.39, 0.29) is 11.9 Å². The number of nitrogens with zero attached hydrogens (tertiary/aromatic N) is 3. The number of rotatable bonds is 11. The second-order valence-electron chi connectivity index (χ2n) is 7.41. The summed E-state index contributed by atoms with van der Waals surface area (Å²) in [6, 6.07) is 15.4. The molecule has 1 heterocycles. The fraction of sp³-hybridized carbons (Fsp3) is 0.400. The molecule has 0 fully saturated rings. The van der Waals surface area contributed by atoms with Crippen molar-refractivity contribution < 1.29 is 14.3 Å². The lowest BCUT2D eigenvalue weighted by molar-refractivity contribution is 0.0944. The molecule has 0 amide bonds. The molecule has 0 aliphatic heterocycles. The second kappa shape index (κ2) is 11.3. The lowest BCUT2D eigenvalue weighted by Gasteiger charge is -2.08. The molecule has 0 saturated carbocycles. The summed E-state index contributed by atoms with van der Waals surface area (Å²) in [6.07, 6.45) is 4.94. The molecule has 0 saturated heterocycles. The maximum absolute atomic E-state index is 13.2. The third-order valence-corrected chi connectivity index (χ3v) is 5.00. The van der Waals surface area contributed by atoms with Gasteiger partial charge in [-0.05, 0) is 49.1 Å². The lowest BCUT2D eigenvalue weighted by atomic mass is 10.1. The van der Waals surface area contributed by atoms with Crippen LogP contribution in [0.25, 0.3) is 11.4 Å². The van der Waals surface area contributed by atoms with Gasteiger partial charge in [-0.15, -0.1) is 5.10 Å². The highest BCUT2D eigenvalue weighted by molar-refractivity contribution is 5.97. The van der Waals surface area contributed by atoms with Crippen LogP contribution < -0.4 is 9.47 Å². The highest BCUT2D eigenvalue weighted by Gasteiger charge is 2.20. The summed E-state index contributed by atoms with van der Waals surface area (Å²) < 4.78 is 12.7. The molecule has 0 aliphatic rings. The third-order valence-electron chi connectivity index (χ3n) is 5.00. The predicted molar refractivity (Wildman–Crippen MR) is 122 cm³/mol. The highest BCUT2D eigenvalue weighted by atomic mass is 16.5. The van der Waals surface area contributed by atoms with E-state index in [1.807, 2.05) is 36.4 Å². The number of hydrogen-bond donors (Lipinski definition) is 0. The van der Waals surface area contributed by atoms with Gasteiger partial charge in [0, 0.05) is 11.1 Å². The second-order valence-corrected chi connectivity index (χ2v) is 7.41. The van der Waals surface area contributed by atoms with Crippen LogP contribution in [-0.4, -0.2) is 33.9 Å². The molecule has 0 radical (unpaired) electrons. The first-order valence-corrected chi connectivity index (χ1v) is 11.1. The molecule has 0 aliphatic carbocycles. The van der Waals surface area contributed by atoms with E-state index in [4.69, 9.17) is 9.47 Å². The monoisotopic (exact) mass is 421 g/mol. The quantitative estimate of drug-likeness (QED) is 0.380. The summed E-state index contributed by atoms with van der Waals surface area (Å²) in [5, 5.41) is 4.36. The maximum Gasteiger partial charge on any atom is 0.336 e. The fourth-order valence-corrected chi connectivity index (χ4v) is 3.03. The number of aryl methyl sites for hydroxylation is 1. The van der Waals surface area contributed by atoms with Crippen molar-refractivity contribution in [3.05, 3.63) is 59.7 Å². The molecule has 0 spiro atoms. The van der Waals surface area contributed by atoms with E-state index in [1.54, 1.807) is 12.1 Å². The molecule has 3 aromatic rings. The minimum Gasteiger partial charge on any atom is -0.494 e. The SMILES string of the molecule is CCCCOc1ccc(C(=O)n2nc(OCCCC)nc2-c2ccc(CC)cc2)cc1. The number of hydrogen-bond acceptors (Lipinski definition) is 5. The Balaban J connectivity index is 1.87. The van der Waals surface area contributed by atoms with Gasteiger partial charge in [0.15, 0.2) is 5.82 Å². The minimum atomic E-state index is -0.257. The van der Waals surface area contributed by atoms with Gasteiger partial charge >= 0.3 is 6.01 Å². The van der Waals surface area contributed by atoms with Crippen molar-refractivity contribution >= 4 is 5.91 Å². The summed E-state index contributed by atoms with van der Waals surface area (Å²) in [5.74, 6) is 0.970. The first-order chi connectivity index (χ1) is 15.2. The Morgan fingerprint density at radius 3 is 2.13 bits per heavy atom. The lowest BCUT2D eigenvalue weighted by Crippen LogP contribution is -2.15. The molecule has 0 bridgehead atoms. The third kappa shape index (κ3) is 5.94. The molecule has 0 N–H and O–H groups in total. The van der Waals surface area contributed by atoms with Crippen molar-refractivity contribution in [1.82, 2.24) is 14.8 Å². The minimum absolute atomic E-state index is 0.218. The Bertz CT molecular complexity index is 963. The zero-order valence-corrected chi connectivity index (χ0v) is 18.6. The van der Waals surface area contributed by atoms with E-state index in [9.17, 15) is 4.79 Å². The Morgan fingerprint density at radius 1 is 0.871 bits per heavy atom. The number of carbonyl (C=O) groups excluding carboxylic acids is 1. The Morgan fingerprint density at radius 2 is 1.52 bits per heavy atom. The van der Waals surface area contributed by atoms with Crippen molar-refractivity contribution in [1.29, 1.82) is 0 Å². The molecular formula is C25H31N3O3. The molecule has 0 unspecified atom stereocenters. The average molecular weight is 422 g/mol. The van der Waals surface area contributed by atoms with Crippen LogP contribution in [0.2, 0.25) is 0 Å². The number of benzene rings is 2. The summed E-state index contributed by atoms with van der Waals surface area (Å²) in [6.45, 7) is 7.51. The standard InChI is InChI=1S/C25H31N3O3/c1-4-7-17-30-22-15-13-21(14-16-22)24(29)28-23(20-11-9-19(6-3)10-12-20)26-25(27-28)31-18-8-5-2/h9-16H,4-8,17-18H2,1-3H3. The summed E-state index contributed by atoms with van der Waals surface area (Å²) >= 11 is 0. The van der Waals surface area contributed by atoms with Gasteiger partial charge in [0.25, 0.3) is 5.91 Å². The Labute approximate surface area is 184 Å². The molecule has 0 atom stereocenters.